The smallest absolute Gasteiger partial charge is 0.230 e. The van der Waals surface area contributed by atoms with Gasteiger partial charge < -0.3 is 5.32 Å². The Morgan fingerprint density at radius 3 is 2.70 bits per heavy atom. The van der Waals surface area contributed by atoms with E-state index in [0.717, 1.165) is 17.3 Å². The number of carbonyl (C=O) groups is 1. The molecular weight excluding hydrogens is 306 g/mol. The van der Waals surface area contributed by atoms with Crippen LogP contribution in [0.5, 0.6) is 0 Å². The lowest BCUT2D eigenvalue weighted by molar-refractivity contribution is -0.119. The third kappa shape index (κ3) is 4.23. The first kappa shape index (κ1) is 17.3. The summed E-state index contributed by atoms with van der Waals surface area (Å²) in [5, 5.41) is 13.8. The van der Waals surface area contributed by atoms with E-state index >= 15 is 0 Å². The first-order valence-electron chi connectivity index (χ1n) is 7.68. The van der Waals surface area contributed by atoms with E-state index in [4.69, 9.17) is 0 Å². The van der Waals surface area contributed by atoms with Crippen LogP contribution in [0.3, 0.4) is 0 Å². The quantitative estimate of drug-likeness (QED) is 0.850. The maximum Gasteiger partial charge on any atom is 0.230 e. The summed E-state index contributed by atoms with van der Waals surface area (Å²) in [5.41, 5.74) is 3.72. The fourth-order valence-corrected chi connectivity index (χ4v) is 2.94. The van der Waals surface area contributed by atoms with Gasteiger partial charge in [0.2, 0.25) is 5.91 Å². The Hall–Kier alpha value is -2.06. The second kappa shape index (κ2) is 7.47. The topological polar surface area (TPSA) is 65.8 Å². The van der Waals surface area contributed by atoms with E-state index in [1.54, 1.807) is 0 Å². The molecule has 23 heavy (non-hydrogen) atoms. The van der Waals surface area contributed by atoms with E-state index in [9.17, 15) is 10.1 Å². The Kier molecular flexibility index (Phi) is 5.62. The van der Waals surface area contributed by atoms with Crippen molar-refractivity contribution in [3.05, 3.63) is 34.9 Å². The number of fused-ring (bicyclic) bond motifs is 1. The molecule has 0 unspecified atom stereocenters. The molecule has 1 N–H and O–H groups in total. The van der Waals surface area contributed by atoms with Gasteiger partial charge in [0, 0.05) is 11.4 Å². The summed E-state index contributed by atoms with van der Waals surface area (Å²) in [4.78, 5) is 16.5. The molecule has 5 heteroatoms. The standard InChI is InChI=1S/C18H21N3OS/c1-5-13(4)20-17(22)10-23-18-15(9-19)8-14-6-11(2)12(3)7-16(14)21-18/h6-8,13H,5,10H2,1-4H3,(H,20,22)/t13-/m0/s1. The average molecular weight is 327 g/mol. The molecule has 0 aliphatic rings. The molecule has 0 saturated heterocycles. The van der Waals surface area contributed by atoms with Crippen LogP contribution in [0.4, 0.5) is 0 Å². The lowest BCUT2D eigenvalue weighted by atomic mass is 10.1. The molecule has 0 spiro atoms. The fourth-order valence-electron chi connectivity index (χ4n) is 2.17. The summed E-state index contributed by atoms with van der Waals surface area (Å²) < 4.78 is 0. The number of thioether (sulfide) groups is 1. The normalized spacial score (nSPS) is 12.0. The van der Waals surface area contributed by atoms with Crippen molar-refractivity contribution < 1.29 is 4.79 Å². The van der Waals surface area contributed by atoms with Crippen molar-refractivity contribution in [3.63, 3.8) is 0 Å². The maximum absolute atomic E-state index is 11.9. The van der Waals surface area contributed by atoms with Crippen LogP contribution in [0, 0.1) is 25.2 Å². The molecule has 120 valence electrons. The van der Waals surface area contributed by atoms with Crippen LogP contribution in [0.1, 0.15) is 37.0 Å². The number of amides is 1. The highest BCUT2D eigenvalue weighted by atomic mass is 32.2. The Morgan fingerprint density at radius 2 is 2.04 bits per heavy atom. The van der Waals surface area contributed by atoms with Crippen molar-refractivity contribution in [1.82, 2.24) is 10.3 Å². The molecule has 0 fully saturated rings. The third-order valence-corrected chi connectivity index (χ3v) is 4.87. The Balaban J connectivity index is 2.24. The molecule has 0 aliphatic heterocycles. The number of benzene rings is 1. The summed E-state index contributed by atoms with van der Waals surface area (Å²) >= 11 is 1.31. The van der Waals surface area contributed by atoms with Crippen molar-refractivity contribution in [3.8, 4) is 6.07 Å². The van der Waals surface area contributed by atoms with Crippen LogP contribution in [0.2, 0.25) is 0 Å². The zero-order valence-electron chi connectivity index (χ0n) is 13.9. The average Bonchev–Trinajstić information content (AvgIpc) is 2.53. The minimum absolute atomic E-state index is 0.0322. The highest BCUT2D eigenvalue weighted by Crippen LogP contribution is 2.26. The van der Waals surface area contributed by atoms with Gasteiger partial charge in [0.05, 0.1) is 16.8 Å². The highest BCUT2D eigenvalue weighted by Gasteiger charge is 2.12. The van der Waals surface area contributed by atoms with E-state index in [2.05, 4.69) is 16.4 Å². The monoisotopic (exact) mass is 327 g/mol. The molecule has 0 aliphatic carbocycles. The summed E-state index contributed by atoms with van der Waals surface area (Å²) in [6, 6.07) is 8.26. The summed E-state index contributed by atoms with van der Waals surface area (Å²) in [6.45, 7) is 8.09. The lowest BCUT2D eigenvalue weighted by Gasteiger charge is -2.11. The van der Waals surface area contributed by atoms with Crippen LogP contribution in [-0.4, -0.2) is 22.7 Å². The van der Waals surface area contributed by atoms with Gasteiger partial charge in [-0.1, -0.05) is 18.7 Å². The third-order valence-electron chi connectivity index (χ3n) is 3.88. The molecule has 1 amide bonds. The number of nitrogens with one attached hydrogen (secondary N) is 1. The van der Waals surface area contributed by atoms with Gasteiger partial charge in [-0.3, -0.25) is 4.79 Å². The number of aromatic nitrogens is 1. The van der Waals surface area contributed by atoms with E-state index in [1.165, 1.54) is 22.9 Å². The second-order valence-electron chi connectivity index (χ2n) is 5.75. The van der Waals surface area contributed by atoms with E-state index in [-0.39, 0.29) is 17.7 Å². The number of hydrogen-bond acceptors (Lipinski definition) is 4. The fraction of sp³-hybridized carbons (Fsp3) is 0.389. The molecule has 0 saturated carbocycles. The number of carbonyl (C=O) groups excluding carboxylic acids is 1. The summed E-state index contributed by atoms with van der Waals surface area (Å²) in [6.07, 6.45) is 0.896. The Morgan fingerprint density at radius 1 is 1.35 bits per heavy atom. The first-order valence-corrected chi connectivity index (χ1v) is 8.67. The van der Waals surface area contributed by atoms with Crippen LogP contribution in [0.15, 0.2) is 23.2 Å². The lowest BCUT2D eigenvalue weighted by Crippen LogP contribution is -2.33. The Labute approximate surface area is 141 Å². The van der Waals surface area contributed by atoms with E-state index < -0.39 is 0 Å². The van der Waals surface area contributed by atoms with Gasteiger partial charge in [-0.2, -0.15) is 5.26 Å². The van der Waals surface area contributed by atoms with Crippen LogP contribution in [0.25, 0.3) is 10.9 Å². The molecule has 0 radical (unpaired) electrons. The number of nitriles is 1. The molecule has 1 heterocycles. The van der Waals surface area contributed by atoms with E-state index in [1.807, 2.05) is 45.9 Å². The van der Waals surface area contributed by atoms with Crippen molar-refractivity contribution in [1.29, 1.82) is 5.26 Å². The zero-order chi connectivity index (χ0) is 17.0. The van der Waals surface area contributed by atoms with Gasteiger partial charge >= 0.3 is 0 Å². The Bertz CT molecular complexity index is 780. The van der Waals surface area contributed by atoms with Gasteiger partial charge in [0.15, 0.2) is 0 Å². The number of hydrogen-bond donors (Lipinski definition) is 1. The number of rotatable bonds is 5. The van der Waals surface area contributed by atoms with Crippen molar-refractivity contribution in [2.75, 3.05) is 5.75 Å². The summed E-state index contributed by atoms with van der Waals surface area (Å²) in [5.74, 6) is 0.234. The van der Waals surface area contributed by atoms with Gasteiger partial charge in [0.25, 0.3) is 0 Å². The van der Waals surface area contributed by atoms with E-state index in [0.29, 0.717) is 10.6 Å². The number of nitrogens with zero attached hydrogens (tertiary/aromatic N) is 2. The predicted molar refractivity (Wildman–Crippen MR) is 94.6 cm³/mol. The van der Waals surface area contributed by atoms with Crippen molar-refractivity contribution >= 4 is 28.6 Å². The molecular formula is C18H21N3OS. The minimum atomic E-state index is -0.0322. The van der Waals surface area contributed by atoms with Crippen LogP contribution in [-0.2, 0) is 4.79 Å². The molecule has 1 aromatic heterocycles. The number of pyridine rings is 1. The second-order valence-corrected chi connectivity index (χ2v) is 6.71. The largest absolute Gasteiger partial charge is 0.353 e. The zero-order valence-corrected chi connectivity index (χ0v) is 14.8. The van der Waals surface area contributed by atoms with Crippen LogP contribution < -0.4 is 5.32 Å². The number of aryl methyl sites for hydroxylation is 2. The molecule has 2 aromatic rings. The van der Waals surface area contributed by atoms with Crippen molar-refractivity contribution in [2.45, 2.75) is 45.2 Å². The summed E-state index contributed by atoms with van der Waals surface area (Å²) in [7, 11) is 0. The van der Waals surface area contributed by atoms with Gasteiger partial charge in [-0.25, -0.2) is 4.98 Å². The maximum atomic E-state index is 11.9. The molecule has 1 aromatic carbocycles. The van der Waals surface area contributed by atoms with Crippen molar-refractivity contribution in [2.24, 2.45) is 0 Å². The van der Waals surface area contributed by atoms with Crippen LogP contribution >= 0.6 is 11.8 Å². The first-order chi connectivity index (χ1) is 10.9. The molecule has 0 bridgehead atoms. The molecule has 1 atom stereocenters. The molecule has 4 nitrogen and oxygen atoms in total. The SMILES string of the molecule is CC[C@H](C)NC(=O)CSc1nc2cc(C)c(C)cc2cc1C#N. The highest BCUT2D eigenvalue weighted by molar-refractivity contribution is 8.00. The minimum Gasteiger partial charge on any atom is -0.353 e. The van der Waals surface area contributed by atoms with Gasteiger partial charge in [-0.15, -0.1) is 0 Å². The predicted octanol–water partition coefficient (Wildman–Crippen LogP) is 3.73. The molecule has 2 rings (SSSR count). The van der Waals surface area contributed by atoms with Gasteiger partial charge in [-0.05, 0) is 56.5 Å². The van der Waals surface area contributed by atoms with Gasteiger partial charge in [0.1, 0.15) is 11.1 Å².